The van der Waals surface area contributed by atoms with Crippen molar-refractivity contribution in [1.29, 1.82) is 0 Å². The van der Waals surface area contributed by atoms with Crippen molar-refractivity contribution >= 4 is 44.7 Å². The number of anilines is 3. The lowest BCUT2D eigenvalue weighted by atomic mass is 10.2. The Bertz CT molecular complexity index is 1340. The number of rotatable bonds is 7. The van der Waals surface area contributed by atoms with Crippen LogP contribution in [0, 0.1) is 0 Å². The number of hydrogen-bond acceptors (Lipinski definition) is 5. The number of fused-ring (bicyclic) bond motifs is 1. The van der Waals surface area contributed by atoms with Gasteiger partial charge in [-0.2, -0.15) is 0 Å². The average Bonchev–Trinajstić information content (AvgIpc) is 3.47. The maximum absolute atomic E-state index is 12.4. The number of aromatic nitrogens is 3. The quantitative estimate of drug-likeness (QED) is 0.330. The van der Waals surface area contributed by atoms with E-state index in [0.717, 1.165) is 33.3 Å². The van der Waals surface area contributed by atoms with Crippen molar-refractivity contribution < 1.29 is 4.79 Å². The molecule has 0 fully saturated rings. The topological polar surface area (TPSA) is 71.8 Å². The Labute approximate surface area is 189 Å². The molecule has 0 unspecified atom stereocenters. The maximum atomic E-state index is 12.4. The zero-order valence-corrected chi connectivity index (χ0v) is 18.0. The lowest BCUT2D eigenvalue weighted by molar-refractivity contribution is -0.116. The fourth-order valence-electron chi connectivity index (χ4n) is 3.53. The molecule has 32 heavy (non-hydrogen) atoms. The molecule has 0 saturated heterocycles. The summed E-state index contributed by atoms with van der Waals surface area (Å²) in [6.45, 7) is 0.642. The fourth-order valence-corrected chi connectivity index (χ4v) is 4.27. The van der Waals surface area contributed by atoms with Gasteiger partial charge in [0.25, 0.3) is 0 Å². The van der Waals surface area contributed by atoms with Gasteiger partial charge in [-0.3, -0.25) is 9.78 Å². The van der Waals surface area contributed by atoms with Crippen LogP contribution in [0.5, 0.6) is 0 Å². The molecule has 0 atom stereocenters. The van der Waals surface area contributed by atoms with Gasteiger partial charge in [0, 0.05) is 59.4 Å². The minimum absolute atomic E-state index is 0.00888. The number of carbonyl (C=O) groups excluding carboxylic acids is 1. The second-order valence-electron chi connectivity index (χ2n) is 7.34. The number of nitrogens with zero attached hydrogens (tertiary/aromatic N) is 3. The van der Waals surface area contributed by atoms with Gasteiger partial charge >= 0.3 is 0 Å². The molecule has 0 aliphatic heterocycles. The normalized spacial score (nSPS) is 10.9. The molecule has 0 saturated carbocycles. The van der Waals surface area contributed by atoms with Crippen LogP contribution in [0.25, 0.3) is 22.2 Å². The number of para-hydroxylation sites is 1. The van der Waals surface area contributed by atoms with Crippen LogP contribution in [0.4, 0.5) is 16.5 Å². The van der Waals surface area contributed by atoms with Gasteiger partial charge < -0.3 is 15.2 Å². The van der Waals surface area contributed by atoms with Crippen molar-refractivity contribution in [2.45, 2.75) is 13.0 Å². The molecule has 0 aliphatic carbocycles. The molecule has 158 valence electrons. The summed E-state index contributed by atoms with van der Waals surface area (Å²) in [7, 11) is 0. The molecule has 0 bridgehead atoms. The molecular formula is C25H21N5OS. The van der Waals surface area contributed by atoms with Crippen LogP contribution in [0.15, 0.2) is 90.7 Å². The molecular weight excluding hydrogens is 418 g/mol. The molecule has 3 aromatic heterocycles. The predicted octanol–water partition coefficient (Wildman–Crippen LogP) is 5.93. The smallest absolute Gasteiger partial charge is 0.226 e. The molecule has 5 aromatic rings. The average molecular weight is 440 g/mol. The van der Waals surface area contributed by atoms with Crippen LogP contribution in [0.2, 0.25) is 0 Å². The van der Waals surface area contributed by atoms with Crippen molar-refractivity contribution in [3.63, 3.8) is 0 Å². The highest BCUT2D eigenvalue weighted by Crippen LogP contribution is 2.27. The van der Waals surface area contributed by atoms with Gasteiger partial charge in [0.15, 0.2) is 5.13 Å². The second-order valence-corrected chi connectivity index (χ2v) is 8.20. The van der Waals surface area contributed by atoms with Crippen molar-refractivity contribution in [3.05, 3.63) is 90.7 Å². The second kappa shape index (κ2) is 9.03. The van der Waals surface area contributed by atoms with E-state index in [4.69, 9.17) is 0 Å². The number of amides is 1. The number of benzene rings is 2. The largest absolute Gasteiger partial charge is 0.347 e. The van der Waals surface area contributed by atoms with Crippen molar-refractivity contribution in [1.82, 2.24) is 14.5 Å². The van der Waals surface area contributed by atoms with Crippen molar-refractivity contribution in [3.8, 4) is 11.3 Å². The van der Waals surface area contributed by atoms with Gasteiger partial charge in [-0.25, -0.2) is 4.98 Å². The third-order valence-corrected chi connectivity index (χ3v) is 5.92. The number of nitrogens with one attached hydrogen (secondary N) is 2. The first-order valence-electron chi connectivity index (χ1n) is 10.3. The highest BCUT2D eigenvalue weighted by atomic mass is 32.1. The third-order valence-electron chi connectivity index (χ3n) is 5.16. The molecule has 3 heterocycles. The maximum Gasteiger partial charge on any atom is 0.226 e. The molecule has 5 rings (SSSR count). The summed E-state index contributed by atoms with van der Waals surface area (Å²) < 4.78 is 2.11. The lowest BCUT2D eigenvalue weighted by Gasteiger charge is -2.08. The minimum Gasteiger partial charge on any atom is -0.347 e. The van der Waals surface area contributed by atoms with E-state index in [2.05, 4.69) is 43.4 Å². The van der Waals surface area contributed by atoms with Crippen LogP contribution >= 0.6 is 11.3 Å². The minimum atomic E-state index is -0.00888. The number of aryl methyl sites for hydroxylation is 1. The molecule has 1 amide bonds. The SMILES string of the molecule is O=C(CCn1ccc2ccccc21)Nc1ccc(Nc2nc(-c3ccncc3)cs2)cc1. The highest BCUT2D eigenvalue weighted by Gasteiger charge is 2.07. The van der Waals surface area contributed by atoms with Gasteiger partial charge in [-0.1, -0.05) is 18.2 Å². The Balaban J connectivity index is 1.16. The van der Waals surface area contributed by atoms with Crippen LogP contribution < -0.4 is 10.6 Å². The molecule has 2 N–H and O–H groups in total. The zero-order valence-electron chi connectivity index (χ0n) is 17.2. The van der Waals surface area contributed by atoms with Crippen LogP contribution in [0.3, 0.4) is 0 Å². The molecule has 0 radical (unpaired) electrons. The summed E-state index contributed by atoms with van der Waals surface area (Å²) in [6, 6.07) is 21.8. The highest BCUT2D eigenvalue weighted by molar-refractivity contribution is 7.14. The summed E-state index contributed by atoms with van der Waals surface area (Å²) in [4.78, 5) is 21.1. The van der Waals surface area contributed by atoms with Crippen molar-refractivity contribution in [2.75, 3.05) is 10.6 Å². The van der Waals surface area contributed by atoms with Gasteiger partial charge in [0.1, 0.15) is 0 Å². The molecule has 0 spiro atoms. The Morgan fingerprint density at radius 1 is 0.938 bits per heavy atom. The molecule has 2 aromatic carbocycles. The fraction of sp³-hybridized carbons (Fsp3) is 0.0800. The number of carbonyl (C=O) groups is 1. The predicted molar refractivity (Wildman–Crippen MR) is 130 cm³/mol. The summed E-state index contributed by atoms with van der Waals surface area (Å²) >= 11 is 1.55. The van der Waals surface area contributed by atoms with Gasteiger partial charge in [0.05, 0.1) is 5.69 Å². The van der Waals surface area contributed by atoms with Gasteiger partial charge in [-0.05, 0) is 53.9 Å². The number of thiazole rings is 1. The first-order valence-corrected chi connectivity index (χ1v) is 11.2. The summed E-state index contributed by atoms with van der Waals surface area (Å²) in [6.07, 6.45) is 5.96. The van der Waals surface area contributed by atoms with E-state index in [1.54, 1.807) is 23.7 Å². The van der Waals surface area contributed by atoms with E-state index in [1.807, 2.05) is 60.1 Å². The molecule has 7 heteroatoms. The van der Waals surface area contributed by atoms with Crippen LogP contribution in [-0.4, -0.2) is 20.4 Å². The Morgan fingerprint density at radius 3 is 2.56 bits per heavy atom. The van der Waals surface area contributed by atoms with E-state index in [1.165, 1.54) is 5.39 Å². The van der Waals surface area contributed by atoms with E-state index >= 15 is 0 Å². The Morgan fingerprint density at radius 2 is 1.72 bits per heavy atom. The Kier molecular flexibility index (Phi) is 5.63. The number of pyridine rings is 1. The number of hydrogen-bond donors (Lipinski definition) is 2. The van der Waals surface area contributed by atoms with E-state index < -0.39 is 0 Å². The standard InChI is InChI=1S/C25H21N5OS/c31-24(12-16-30-15-11-19-3-1-2-4-23(19)30)27-20-5-7-21(8-6-20)28-25-29-22(17-32-25)18-9-13-26-14-10-18/h1-11,13-15,17H,12,16H2,(H,27,31)(H,28,29). The molecule has 0 aliphatic rings. The van der Waals surface area contributed by atoms with Crippen LogP contribution in [0.1, 0.15) is 6.42 Å². The van der Waals surface area contributed by atoms with E-state index in [0.29, 0.717) is 13.0 Å². The molecule has 6 nitrogen and oxygen atoms in total. The zero-order chi connectivity index (χ0) is 21.8. The lowest BCUT2D eigenvalue weighted by Crippen LogP contribution is -2.14. The van der Waals surface area contributed by atoms with E-state index in [9.17, 15) is 4.79 Å². The summed E-state index contributed by atoms with van der Waals surface area (Å²) in [5.74, 6) is -0.00888. The monoisotopic (exact) mass is 439 g/mol. The summed E-state index contributed by atoms with van der Waals surface area (Å²) in [5, 5.41) is 10.3. The van der Waals surface area contributed by atoms with Gasteiger partial charge in [0.2, 0.25) is 5.91 Å². The first kappa shape index (κ1) is 20.0. The van der Waals surface area contributed by atoms with Crippen LogP contribution in [-0.2, 0) is 11.3 Å². The first-order chi connectivity index (χ1) is 15.7. The Hall–Kier alpha value is -3.97. The third kappa shape index (κ3) is 4.53. The van der Waals surface area contributed by atoms with Crippen molar-refractivity contribution in [2.24, 2.45) is 0 Å². The van der Waals surface area contributed by atoms with E-state index in [-0.39, 0.29) is 5.91 Å². The summed E-state index contributed by atoms with van der Waals surface area (Å²) in [5.41, 5.74) is 4.78. The van der Waals surface area contributed by atoms with Gasteiger partial charge in [-0.15, -0.1) is 11.3 Å².